The summed E-state index contributed by atoms with van der Waals surface area (Å²) in [6.07, 6.45) is 6.47. The molecule has 0 saturated heterocycles. The van der Waals surface area contributed by atoms with E-state index in [0.717, 1.165) is 23.9 Å². The number of hydrogen-bond donors (Lipinski definition) is 2. The number of fused-ring (bicyclic) bond motifs is 1. The zero-order valence-electron chi connectivity index (χ0n) is 10.7. The van der Waals surface area contributed by atoms with Gasteiger partial charge in [-0.15, -0.1) is 0 Å². The first kappa shape index (κ1) is 12.0. The van der Waals surface area contributed by atoms with Gasteiger partial charge >= 0.3 is 0 Å². The number of nitrogens with one attached hydrogen (secondary N) is 1. The minimum Gasteiger partial charge on any atom is -0.307 e. The van der Waals surface area contributed by atoms with Crippen LogP contribution in [0.15, 0.2) is 35.5 Å². The largest absolute Gasteiger partial charge is 0.307 e. The molecule has 0 atom stereocenters. The molecule has 1 aliphatic rings. The average Bonchev–Trinajstić information content (AvgIpc) is 2.97. The Morgan fingerprint density at radius 3 is 2.68 bits per heavy atom. The maximum absolute atomic E-state index is 5.58. The van der Waals surface area contributed by atoms with Crippen LogP contribution in [-0.4, -0.2) is 21.8 Å². The highest BCUT2D eigenvalue weighted by molar-refractivity contribution is 5.97. The van der Waals surface area contributed by atoms with E-state index >= 15 is 0 Å². The molecule has 1 saturated carbocycles. The van der Waals surface area contributed by atoms with Crippen molar-refractivity contribution in [3.05, 3.63) is 36.2 Å². The number of nitrogens with zero attached hydrogens (tertiary/aromatic N) is 3. The lowest BCUT2D eigenvalue weighted by Crippen LogP contribution is -2.33. The van der Waals surface area contributed by atoms with E-state index in [0.29, 0.717) is 17.6 Å². The van der Waals surface area contributed by atoms with Gasteiger partial charge in [0.05, 0.1) is 23.3 Å². The Hall–Kier alpha value is -2.01. The number of hydrazine groups is 1. The Morgan fingerprint density at radius 1 is 1.21 bits per heavy atom. The molecule has 5 nitrogen and oxygen atoms in total. The van der Waals surface area contributed by atoms with Crippen LogP contribution in [0.4, 0.5) is 0 Å². The van der Waals surface area contributed by atoms with Crippen molar-refractivity contribution < 1.29 is 0 Å². The molecule has 0 aliphatic heterocycles. The van der Waals surface area contributed by atoms with Gasteiger partial charge in [0.1, 0.15) is 5.69 Å². The van der Waals surface area contributed by atoms with Crippen LogP contribution in [0.5, 0.6) is 0 Å². The first-order chi connectivity index (χ1) is 9.36. The molecule has 0 bridgehead atoms. The smallest absolute Gasteiger partial charge is 0.163 e. The normalized spacial score (nSPS) is 17.0. The van der Waals surface area contributed by atoms with Gasteiger partial charge in [0.25, 0.3) is 0 Å². The van der Waals surface area contributed by atoms with Crippen LogP contribution >= 0.6 is 0 Å². The minimum atomic E-state index is 0.360. The summed E-state index contributed by atoms with van der Waals surface area (Å²) in [6.45, 7) is 0. The lowest BCUT2D eigenvalue weighted by atomic mass is 10.2. The molecule has 1 aromatic carbocycles. The van der Waals surface area contributed by atoms with Crippen molar-refractivity contribution in [2.45, 2.75) is 31.7 Å². The molecule has 1 aliphatic carbocycles. The van der Waals surface area contributed by atoms with Gasteiger partial charge in [-0.2, -0.15) is 0 Å². The van der Waals surface area contributed by atoms with Crippen LogP contribution in [0.2, 0.25) is 0 Å². The highest BCUT2D eigenvalue weighted by Crippen LogP contribution is 2.21. The summed E-state index contributed by atoms with van der Waals surface area (Å²) in [7, 11) is 0. The first-order valence-electron chi connectivity index (χ1n) is 6.63. The second kappa shape index (κ2) is 5.32. The molecular formula is C14H17N5. The molecule has 1 heterocycles. The predicted octanol–water partition coefficient (Wildman–Crippen LogP) is 1.78. The summed E-state index contributed by atoms with van der Waals surface area (Å²) in [4.78, 5) is 13.6. The fourth-order valence-corrected chi connectivity index (χ4v) is 2.46. The van der Waals surface area contributed by atoms with Crippen molar-refractivity contribution in [3.8, 4) is 0 Å². The Balaban J connectivity index is 1.96. The summed E-state index contributed by atoms with van der Waals surface area (Å²) >= 11 is 0. The maximum atomic E-state index is 5.58. The average molecular weight is 255 g/mol. The molecule has 1 aromatic heterocycles. The molecule has 1 fully saturated rings. The fourth-order valence-electron chi connectivity index (χ4n) is 2.46. The fraction of sp³-hybridized carbons (Fsp3) is 0.357. The summed E-state index contributed by atoms with van der Waals surface area (Å²) in [6, 6.07) is 8.14. The second-order valence-corrected chi connectivity index (χ2v) is 4.80. The zero-order chi connectivity index (χ0) is 13.1. The van der Waals surface area contributed by atoms with E-state index in [-0.39, 0.29) is 0 Å². The van der Waals surface area contributed by atoms with Gasteiger partial charge in [-0.05, 0) is 25.0 Å². The van der Waals surface area contributed by atoms with Gasteiger partial charge in [-0.25, -0.2) is 10.8 Å². The van der Waals surface area contributed by atoms with Gasteiger partial charge in [0, 0.05) is 0 Å². The highest BCUT2D eigenvalue weighted by atomic mass is 15.3. The van der Waals surface area contributed by atoms with Crippen LogP contribution in [0.1, 0.15) is 31.4 Å². The van der Waals surface area contributed by atoms with Crippen molar-refractivity contribution in [3.63, 3.8) is 0 Å². The third kappa shape index (κ3) is 2.56. The number of aromatic nitrogens is 2. The minimum absolute atomic E-state index is 0.360. The summed E-state index contributed by atoms with van der Waals surface area (Å²) in [5.41, 5.74) is 5.09. The molecule has 0 amide bonds. The number of amidine groups is 1. The summed E-state index contributed by atoms with van der Waals surface area (Å²) < 4.78 is 0. The quantitative estimate of drug-likeness (QED) is 0.371. The molecule has 98 valence electrons. The SMILES string of the molecule is NNC(=NC1CCCC1)c1cnc2ccccc2n1. The van der Waals surface area contributed by atoms with E-state index < -0.39 is 0 Å². The van der Waals surface area contributed by atoms with E-state index in [1.165, 1.54) is 12.8 Å². The van der Waals surface area contributed by atoms with Crippen molar-refractivity contribution in [2.75, 3.05) is 0 Å². The molecule has 2 aromatic rings. The number of para-hydroxylation sites is 2. The monoisotopic (exact) mass is 255 g/mol. The van der Waals surface area contributed by atoms with Gasteiger partial charge in [-0.1, -0.05) is 25.0 Å². The molecule has 0 unspecified atom stereocenters. The van der Waals surface area contributed by atoms with Crippen molar-refractivity contribution in [2.24, 2.45) is 10.8 Å². The number of nitrogens with two attached hydrogens (primary N) is 1. The number of hydrogen-bond acceptors (Lipinski definition) is 4. The van der Waals surface area contributed by atoms with Crippen LogP contribution in [0.3, 0.4) is 0 Å². The zero-order valence-corrected chi connectivity index (χ0v) is 10.7. The van der Waals surface area contributed by atoms with E-state index in [1.54, 1.807) is 6.20 Å². The molecule has 5 heteroatoms. The van der Waals surface area contributed by atoms with Crippen molar-refractivity contribution in [1.82, 2.24) is 15.4 Å². The third-order valence-corrected chi connectivity index (χ3v) is 3.46. The maximum Gasteiger partial charge on any atom is 0.163 e. The Labute approximate surface area is 111 Å². The highest BCUT2D eigenvalue weighted by Gasteiger charge is 2.15. The van der Waals surface area contributed by atoms with E-state index in [4.69, 9.17) is 5.84 Å². The third-order valence-electron chi connectivity index (χ3n) is 3.46. The van der Waals surface area contributed by atoms with Crippen LogP contribution in [0, 0.1) is 0 Å². The van der Waals surface area contributed by atoms with Crippen molar-refractivity contribution >= 4 is 16.9 Å². The topological polar surface area (TPSA) is 76.2 Å². The first-order valence-corrected chi connectivity index (χ1v) is 6.63. The van der Waals surface area contributed by atoms with Gasteiger partial charge in [0.2, 0.25) is 0 Å². The number of aliphatic imine (C=N–C) groups is 1. The molecule has 3 N–H and O–H groups in total. The van der Waals surface area contributed by atoms with Crippen LogP contribution < -0.4 is 11.3 Å². The number of benzene rings is 1. The summed E-state index contributed by atoms with van der Waals surface area (Å²) in [5, 5.41) is 0. The lowest BCUT2D eigenvalue weighted by Gasteiger charge is -2.09. The van der Waals surface area contributed by atoms with Gasteiger partial charge in [0.15, 0.2) is 5.84 Å². The molecule has 19 heavy (non-hydrogen) atoms. The van der Waals surface area contributed by atoms with Gasteiger partial charge in [-0.3, -0.25) is 9.98 Å². The second-order valence-electron chi connectivity index (χ2n) is 4.80. The van der Waals surface area contributed by atoms with Crippen LogP contribution in [-0.2, 0) is 0 Å². The molecule has 0 radical (unpaired) electrons. The molecular weight excluding hydrogens is 238 g/mol. The number of rotatable bonds is 2. The lowest BCUT2D eigenvalue weighted by molar-refractivity contribution is 0.700. The van der Waals surface area contributed by atoms with Crippen LogP contribution in [0.25, 0.3) is 11.0 Å². The Morgan fingerprint density at radius 2 is 1.95 bits per heavy atom. The van der Waals surface area contributed by atoms with E-state index in [1.807, 2.05) is 24.3 Å². The Bertz CT molecular complexity index is 602. The predicted molar refractivity (Wildman–Crippen MR) is 75.7 cm³/mol. The van der Waals surface area contributed by atoms with E-state index in [2.05, 4.69) is 20.4 Å². The Kier molecular flexibility index (Phi) is 3.37. The molecule has 3 rings (SSSR count). The van der Waals surface area contributed by atoms with E-state index in [9.17, 15) is 0 Å². The standard InChI is InChI=1S/C14H17N5/c15-19-14(17-10-5-1-2-6-10)13-9-16-11-7-3-4-8-12(11)18-13/h3-4,7-10H,1-2,5-6,15H2,(H,17,19). The molecule has 0 spiro atoms. The summed E-state index contributed by atoms with van der Waals surface area (Å²) in [5.74, 6) is 6.21. The van der Waals surface area contributed by atoms with Crippen molar-refractivity contribution in [1.29, 1.82) is 0 Å². The van der Waals surface area contributed by atoms with Gasteiger partial charge < -0.3 is 5.43 Å².